The van der Waals surface area contributed by atoms with Crippen LogP contribution in [0.25, 0.3) is 0 Å². The number of aliphatic hydroxyl groups excluding tert-OH is 3. The number of amides is 1. The first-order chi connectivity index (χ1) is 20.5. The molecule has 5 heteroatoms. The summed E-state index contributed by atoms with van der Waals surface area (Å²) in [6.07, 6.45) is 38.4. The summed E-state index contributed by atoms with van der Waals surface area (Å²) in [5.74, 6) is -0.333. The maximum Gasteiger partial charge on any atom is 0.222 e. The van der Waals surface area contributed by atoms with Crippen LogP contribution in [0, 0.1) is 0 Å². The Balaban J connectivity index is 3.84. The Bertz CT molecular complexity index is 660. The lowest BCUT2D eigenvalue weighted by atomic mass is 10.0. The molecule has 0 saturated heterocycles. The molecule has 4 N–H and O–H groups in total. The average Bonchev–Trinajstić information content (AvgIpc) is 2.98. The van der Waals surface area contributed by atoms with E-state index in [1.165, 1.54) is 103 Å². The van der Waals surface area contributed by atoms with Gasteiger partial charge < -0.3 is 20.6 Å². The third-order valence-corrected chi connectivity index (χ3v) is 7.91. The first kappa shape index (κ1) is 40.6. The predicted molar refractivity (Wildman–Crippen MR) is 181 cm³/mol. The smallest absolute Gasteiger partial charge is 0.222 e. The van der Waals surface area contributed by atoms with E-state index in [1.807, 2.05) is 6.08 Å². The van der Waals surface area contributed by atoms with Crippen LogP contribution in [0.2, 0.25) is 0 Å². The first-order valence-corrected chi connectivity index (χ1v) is 17.8. The van der Waals surface area contributed by atoms with Crippen LogP contribution in [0.3, 0.4) is 0 Å². The first-order valence-electron chi connectivity index (χ1n) is 17.8. The summed E-state index contributed by atoms with van der Waals surface area (Å²) in [5, 5.41) is 32.9. The lowest BCUT2D eigenvalue weighted by molar-refractivity contribution is -0.124. The lowest BCUT2D eigenvalue weighted by Crippen LogP contribution is -2.45. The van der Waals surface area contributed by atoms with Gasteiger partial charge in [0.1, 0.15) is 0 Å². The van der Waals surface area contributed by atoms with Crippen LogP contribution in [0.1, 0.15) is 168 Å². The van der Waals surface area contributed by atoms with Crippen LogP contribution in [0.5, 0.6) is 0 Å². The third-order valence-electron chi connectivity index (χ3n) is 7.91. The van der Waals surface area contributed by atoms with Crippen molar-refractivity contribution in [3.8, 4) is 0 Å². The number of allylic oxidation sites excluding steroid dienone is 5. The number of aliphatic hydroxyl groups is 3. The van der Waals surface area contributed by atoms with Gasteiger partial charge in [0.2, 0.25) is 5.91 Å². The Morgan fingerprint density at radius 3 is 1.52 bits per heavy atom. The van der Waals surface area contributed by atoms with Gasteiger partial charge in [0, 0.05) is 0 Å². The average molecular weight is 592 g/mol. The number of nitrogens with one attached hydrogen (secondary N) is 1. The van der Waals surface area contributed by atoms with Crippen molar-refractivity contribution in [1.82, 2.24) is 5.32 Å². The molecule has 3 atom stereocenters. The minimum atomic E-state index is -0.955. The van der Waals surface area contributed by atoms with Gasteiger partial charge in [-0.05, 0) is 44.9 Å². The van der Waals surface area contributed by atoms with Crippen molar-refractivity contribution in [3.63, 3.8) is 0 Å². The molecule has 0 rings (SSSR count). The number of rotatable bonds is 31. The number of hydrogen-bond donors (Lipinski definition) is 4. The van der Waals surface area contributed by atoms with Crippen molar-refractivity contribution in [1.29, 1.82) is 0 Å². The minimum Gasteiger partial charge on any atom is -0.394 e. The quantitative estimate of drug-likeness (QED) is 0.0478. The van der Waals surface area contributed by atoms with Gasteiger partial charge in [0.25, 0.3) is 0 Å². The molecule has 0 radical (unpaired) electrons. The second-order valence-corrected chi connectivity index (χ2v) is 12.1. The maximum atomic E-state index is 12.3. The van der Waals surface area contributed by atoms with E-state index in [0.717, 1.165) is 38.5 Å². The summed E-state index contributed by atoms with van der Waals surface area (Å²) >= 11 is 0. The topological polar surface area (TPSA) is 89.8 Å². The van der Waals surface area contributed by atoms with Crippen molar-refractivity contribution in [2.24, 2.45) is 0 Å². The normalized spacial score (nSPS) is 14.3. The molecule has 0 bridgehead atoms. The highest BCUT2D eigenvalue weighted by Gasteiger charge is 2.20. The summed E-state index contributed by atoms with van der Waals surface area (Å²) in [5.41, 5.74) is 0. The van der Waals surface area contributed by atoms with Gasteiger partial charge in [-0.1, -0.05) is 153 Å². The monoisotopic (exact) mass is 592 g/mol. The van der Waals surface area contributed by atoms with Gasteiger partial charge in [-0.25, -0.2) is 0 Å². The maximum absolute atomic E-state index is 12.3. The van der Waals surface area contributed by atoms with Crippen molar-refractivity contribution >= 4 is 5.91 Å². The molecule has 0 aliphatic rings. The second-order valence-electron chi connectivity index (χ2n) is 12.1. The van der Waals surface area contributed by atoms with E-state index in [9.17, 15) is 20.1 Å². The van der Waals surface area contributed by atoms with Crippen LogP contribution in [0.4, 0.5) is 0 Å². The fourth-order valence-electron chi connectivity index (χ4n) is 5.13. The molecule has 42 heavy (non-hydrogen) atoms. The Morgan fingerprint density at radius 1 is 0.595 bits per heavy atom. The summed E-state index contributed by atoms with van der Waals surface area (Å²) in [7, 11) is 0. The molecule has 0 saturated carbocycles. The van der Waals surface area contributed by atoms with Crippen LogP contribution in [-0.4, -0.2) is 46.1 Å². The fraction of sp³-hybridized carbons (Fsp3) is 0.811. The van der Waals surface area contributed by atoms with Crippen LogP contribution in [0.15, 0.2) is 36.5 Å². The third kappa shape index (κ3) is 28.7. The predicted octanol–water partition coefficient (Wildman–Crippen LogP) is 9.26. The van der Waals surface area contributed by atoms with E-state index >= 15 is 0 Å². The zero-order valence-corrected chi connectivity index (χ0v) is 27.6. The Kier molecular flexibility index (Phi) is 31.4. The van der Waals surface area contributed by atoms with Crippen LogP contribution >= 0.6 is 0 Å². The molecule has 0 aromatic heterocycles. The molecular weight excluding hydrogens is 522 g/mol. The minimum absolute atomic E-state index is 0.00344. The Hall–Kier alpha value is -1.43. The molecule has 3 unspecified atom stereocenters. The van der Waals surface area contributed by atoms with Crippen molar-refractivity contribution in [2.75, 3.05) is 6.61 Å². The highest BCUT2D eigenvalue weighted by molar-refractivity contribution is 5.76. The Morgan fingerprint density at radius 2 is 1.02 bits per heavy atom. The highest BCUT2D eigenvalue weighted by atomic mass is 16.3. The zero-order valence-electron chi connectivity index (χ0n) is 27.6. The molecule has 1 amide bonds. The summed E-state index contributed by atoms with van der Waals surface area (Å²) in [6, 6.07) is -0.762. The van der Waals surface area contributed by atoms with E-state index in [-0.39, 0.29) is 18.9 Å². The molecule has 0 aliphatic carbocycles. The molecular formula is C37H69NO4. The fourth-order valence-corrected chi connectivity index (χ4v) is 5.13. The van der Waals surface area contributed by atoms with E-state index in [2.05, 4.69) is 43.5 Å². The van der Waals surface area contributed by atoms with Gasteiger partial charge in [0.05, 0.1) is 31.3 Å². The molecule has 0 spiro atoms. The number of hydrogen-bond acceptors (Lipinski definition) is 4. The molecule has 0 heterocycles. The molecule has 246 valence electrons. The molecule has 0 aromatic carbocycles. The Labute approximate surface area is 260 Å². The summed E-state index contributed by atoms with van der Waals surface area (Å²) < 4.78 is 0. The van der Waals surface area contributed by atoms with E-state index in [0.29, 0.717) is 6.42 Å². The SMILES string of the molecule is CCCCCCCCC/C=C/CC/C=C/CC/C=C/C(O)C(CO)NC(=O)CC(O)CCCCCCCCCCCC. The van der Waals surface area contributed by atoms with Gasteiger partial charge in [-0.2, -0.15) is 0 Å². The number of carbonyl (C=O) groups excluding carboxylic acids is 1. The van der Waals surface area contributed by atoms with Gasteiger partial charge in [-0.15, -0.1) is 0 Å². The highest BCUT2D eigenvalue weighted by Crippen LogP contribution is 2.13. The van der Waals surface area contributed by atoms with Gasteiger partial charge in [-0.3, -0.25) is 4.79 Å². The largest absolute Gasteiger partial charge is 0.394 e. The van der Waals surface area contributed by atoms with Crippen LogP contribution in [-0.2, 0) is 4.79 Å². The van der Waals surface area contributed by atoms with Gasteiger partial charge in [0.15, 0.2) is 0 Å². The van der Waals surface area contributed by atoms with E-state index < -0.39 is 18.2 Å². The zero-order chi connectivity index (χ0) is 30.9. The molecule has 0 fully saturated rings. The van der Waals surface area contributed by atoms with E-state index in [4.69, 9.17) is 0 Å². The second kappa shape index (κ2) is 32.5. The number of unbranched alkanes of at least 4 members (excludes halogenated alkanes) is 18. The molecule has 5 nitrogen and oxygen atoms in total. The molecule has 0 aliphatic heterocycles. The summed E-state index contributed by atoms with van der Waals surface area (Å²) in [4.78, 5) is 12.3. The molecule has 0 aromatic rings. The lowest BCUT2D eigenvalue weighted by Gasteiger charge is -2.21. The van der Waals surface area contributed by atoms with Gasteiger partial charge >= 0.3 is 0 Å². The van der Waals surface area contributed by atoms with Crippen molar-refractivity contribution in [2.45, 2.75) is 186 Å². The van der Waals surface area contributed by atoms with Crippen molar-refractivity contribution < 1.29 is 20.1 Å². The summed E-state index contributed by atoms with van der Waals surface area (Å²) in [6.45, 7) is 4.15. The standard InChI is InChI=1S/C37H69NO4/c1-3-5-7-9-11-13-15-16-17-18-19-20-21-23-25-27-29-31-36(41)35(33-39)38-37(42)32-34(40)30-28-26-24-22-14-12-10-8-6-4-2/h17-18,21,23,29,31,34-36,39-41H,3-16,19-20,22,24-28,30,32-33H2,1-2H3,(H,38,42)/b18-17+,23-21+,31-29+. The van der Waals surface area contributed by atoms with Crippen LogP contribution < -0.4 is 5.32 Å². The number of carbonyl (C=O) groups is 1. The van der Waals surface area contributed by atoms with Crippen molar-refractivity contribution in [3.05, 3.63) is 36.5 Å². The van der Waals surface area contributed by atoms with E-state index in [1.54, 1.807) is 6.08 Å².